The molecule has 0 aromatic heterocycles. The first-order chi connectivity index (χ1) is 57.9. The second-order valence-corrected chi connectivity index (χ2v) is 33.6. The first-order valence-corrected chi connectivity index (χ1v) is 41.3. The van der Waals surface area contributed by atoms with E-state index in [1.807, 2.05) is 0 Å². The average Bonchev–Trinajstić information content (AvgIpc) is 0.680. The number of hydrogen-bond donors (Lipinski definition) is 0. The molecule has 4 aliphatic rings. The van der Waals surface area contributed by atoms with Crippen LogP contribution in [-0.2, 0) is 10.8 Å². The highest BCUT2D eigenvalue weighted by molar-refractivity contribution is 7.03. The fourth-order valence-corrected chi connectivity index (χ4v) is 19.0. The van der Waals surface area contributed by atoms with Crippen molar-refractivity contribution in [2.24, 2.45) is 0 Å². The van der Waals surface area contributed by atoms with E-state index in [1.165, 1.54) is 43.9 Å². The van der Waals surface area contributed by atoms with Crippen molar-refractivity contribution < 1.29 is 0 Å². The molecule has 21 rings (SSSR count). The van der Waals surface area contributed by atoms with E-state index in [4.69, 9.17) is 0 Å². The van der Waals surface area contributed by atoms with Gasteiger partial charge in [0.1, 0.15) is 0 Å². The molecule has 0 bridgehead atoms. The molecule has 0 saturated carbocycles. The van der Waals surface area contributed by atoms with Crippen LogP contribution < -0.4 is 62.2 Å². The SMILES string of the molecule is CC(C)(C)c1ccc(-c2ccccc2N(c2ccccc2)c2cc3c4c(c2)N(c2c(-c5ccccc5)cccc2-c2ccccc2)c2cc5c(cc2B4c2ccccc2N3c2ccccc2-c2ccc(C(C)(C)C)cc2)B2c3ccccc3N(c3ccccc3)c3cc(N(c4ccccc4)c4ccccc4)cc(c32)N5c2ccccc2)cc1. The highest BCUT2D eigenvalue weighted by Gasteiger charge is 2.50. The van der Waals surface area contributed by atoms with Crippen molar-refractivity contribution in [3.8, 4) is 44.5 Å². The molecule has 6 nitrogen and oxygen atoms in total. The Labute approximate surface area is 693 Å². The van der Waals surface area contributed by atoms with Crippen LogP contribution in [0.1, 0.15) is 52.7 Å². The lowest BCUT2D eigenvalue weighted by atomic mass is 9.30. The summed E-state index contributed by atoms with van der Waals surface area (Å²) in [6.07, 6.45) is 0. The fraction of sp³-hybridized carbons (Fsp3) is 0.0727. The molecule has 118 heavy (non-hydrogen) atoms. The molecule has 0 saturated heterocycles. The summed E-state index contributed by atoms with van der Waals surface area (Å²) in [4.78, 5) is 15.5. The molecule has 17 aromatic rings. The molecular weight excluding hydrogens is 1430 g/mol. The molecule has 0 unspecified atom stereocenters. The maximum absolute atomic E-state index is 2.72. The van der Waals surface area contributed by atoms with E-state index in [1.54, 1.807) is 0 Å². The highest BCUT2D eigenvalue weighted by Crippen LogP contribution is 2.56. The molecule has 0 amide bonds. The van der Waals surface area contributed by atoms with Gasteiger partial charge in [0.25, 0.3) is 13.4 Å². The lowest BCUT2D eigenvalue weighted by molar-refractivity contribution is 0.590. The van der Waals surface area contributed by atoms with Gasteiger partial charge < -0.3 is 29.4 Å². The molecule has 562 valence electrons. The van der Waals surface area contributed by atoms with Gasteiger partial charge in [-0.25, -0.2) is 0 Å². The van der Waals surface area contributed by atoms with Crippen LogP contribution in [0.3, 0.4) is 0 Å². The summed E-state index contributed by atoms with van der Waals surface area (Å²) in [6, 6.07) is 155. The largest absolute Gasteiger partial charge is 0.311 e. The van der Waals surface area contributed by atoms with Gasteiger partial charge in [-0.2, -0.15) is 0 Å². The lowest BCUT2D eigenvalue weighted by Gasteiger charge is -2.48. The summed E-state index contributed by atoms with van der Waals surface area (Å²) in [5.74, 6) is 0. The van der Waals surface area contributed by atoms with Crippen LogP contribution in [0.25, 0.3) is 44.5 Å². The molecule has 4 heterocycles. The van der Waals surface area contributed by atoms with E-state index in [-0.39, 0.29) is 24.3 Å². The average molecular weight is 1510 g/mol. The minimum atomic E-state index is -0.317. The Hall–Kier alpha value is -14.3. The lowest BCUT2D eigenvalue weighted by Crippen LogP contribution is -2.65. The van der Waals surface area contributed by atoms with E-state index < -0.39 is 0 Å². The molecule has 0 spiro atoms. The van der Waals surface area contributed by atoms with Crippen molar-refractivity contribution in [3.05, 3.63) is 424 Å². The Kier molecular flexibility index (Phi) is 17.5. The zero-order chi connectivity index (χ0) is 79.3. The van der Waals surface area contributed by atoms with E-state index in [0.29, 0.717) is 0 Å². The Bertz CT molecular complexity index is 6560. The van der Waals surface area contributed by atoms with Gasteiger partial charge in [-0.15, -0.1) is 0 Å². The van der Waals surface area contributed by atoms with Gasteiger partial charge in [0.15, 0.2) is 0 Å². The number of para-hydroxylation sites is 10. The van der Waals surface area contributed by atoms with Gasteiger partial charge in [-0.3, -0.25) is 0 Å². The summed E-state index contributed by atoms with van der Waals surface area (Å²) in [5, 5.41) is 0. The first kappa shape index (κ1) is 71.5. The van der Waals surface area contributed by atoms with Crippen LogP contribution in [0, 0.1) is 0 Å². The number of fused-ring (bicyclic) bond motifs is 8. The van der Waals surface area contributed by atoms with Crippen LogP contribution in [0.15, 0.2) is 413 Å². The summed E-state index contributed by atoms with van der Waals surface area (Å²) in [6.45, 7) is 13.2. The van der Waals surface area contributed by atoms with Crippen molar-refractivity contribution in [1.29, 1.82) is 0 Å². The molecule has 0 atom stereocenters. The monoisotopic (exact) mass is 1510 g/mol. The smallest absolute Gasteiger partial charge is 0.252 e. The van der Waals surface area contributed by atoms with Crippen molar-refractivity contribution in [3.63, 3.8) is 0 Å². The van der Waals surface area contributed by atoms with Crippen molar-refractivity contribution in [2.45, 2.75) is 52.4 Å². The van der Waals surface area contributed by atoms with Gasteiger partial charge in [-0.1, -0.05) is 339 Å². The van der Waals surface area contributed by atoms with Crippen molar-refractivity contribution in [1.82, 2.24) is 0 Å². The summed E-state index contributed by atoms with van der Waals surface area (Å²) in [5.41, 5.74) is 38.2. The second-order valence-electron chi connectivity index (χ2n) is 33.6. The van der Waals surface area contributed by atoms with Crippen LogP contribution in [-0.4, -0.2) is 13.4 Å². The molecule has 8 heteroatoms. The highest BCUT2D eigenvalue weighted by atomic mass is 15.2. The Morgan fingerprint density at radius 2 is 0.542 bits per heavy atom. The Morgan fingerprint density at radius 1 is 0.212 bits per heavy atom. The standard InChI is InChI=1S/C110H86B2N6/c1-109(2,3)79-65-61-77(62-66-79)88-51-28-32-57-96(88)114(83-45-22-11-23-46-83)87-71-104-107-105(72-87)118(108-90(75-37-14-7-15-38-75)53-36-54-91(108)76-39-16-8-17-40-76)101-74-100-94(73-95(101)112(107)93-56-31-35-60-99(93)117(104)97-58-33-29-52-89(97)78-63-67-80(68-64-78)110(4,5)6)111-92-55-30-34-59-98(92)115(84-47-24-12-25-48-84)102-69-86(70-103(106(102)111)116(100)85-49-26-13-27-50-85)113(81-41-18-9-19-42-81)82-43-20-10-21-44-82/h7-74H,1-6H3. The van der Waals surface area contributed by atoms with Gasteiger partial charge in [-0.05, 0) is 192 Å². The molecule has 0 fully saturated rings. The summed E-state index contributed by atoms with van der Waals surface area (Å²) >= 11 is 0. The second kappa shape index (κ2) is 28.9. The van der Waals surface area contributed by atoms with Crippen LogP contribution >= 0.6 is 0 Å². The number of rotatable bonds is 14. The van der Waals surface area contributed by atoms with E-state index in [0.717, 1.165) is 147 Å². The maximum atomic E-state index is 2.72. The number of nitrogens with zero attached hydrogens (tertiary/aromatic N) is 6. The summed E-state index contributed by atoms with van der Waals surface area (Å²) in [7, 11) is 0. The van der Waals surface area contributed by atoms with Crippen molar-refractivity contribution >= 4 is 149 Å². The van der Waals surface area contributed by atoms with Gasteiger partial charge in [0.2, 0.25) is 0 Å². The van der Waals surface area contributed by atoms with Gasteiger partial charge in [0.05, 0.1) is 28.4 Å². The number of anilines is 18. The molecular formula is C110H86B2N6. The normalized spacial score (nSPS) is 12.9. The predicted molar refractivity (Wildman–Crippen MR) is 503 cm³/mol. The summed E-state index contributed by atoms with van der Waals surface area (Å²) < 4.78 is 0. The minimum absolute atomic E-state index is 0.0328. The zero-order valence-electron chi connectivity index (χ0n) is 67.1. The van der Waals surface area contributed by atoms with Crippen LogP contribution in [0.5, 0.6) is 0 Å². The fourth-order valence-electron chi connectivity index (χ4n) is 19.0. The molecule has 0 aliphatic carbocycles. The third-order valence-corrected chi connectivity index (χ3v) is 24.5. The Balaban J connectivity index is 0.921. The van der Waals surface area contributed by atoms with E-state index >= 15 is 0 Å². The molecule has 0 radical (unpaired) electrons. The predicted octanol–water partition coefficient (Wildman–Crippen LogP) is 26.1. The Morgan fingerprint density at radius 3 is 1.02 bits per heavy atom. The van der Waals surface area contributed by atoms with Crippen molar-refractivity contribution in [2.75, 3.05) is 29.4 Å². The minimum Gasteiger partial charge on any atom is -0.311 e. The first-order valence-electron chi connectivity index (χ1n) is 41.3. The quantitative estimate of drug-likeness (QED) is 0.100. The molecule has 17 aromatic carbocycles. The van der Waals surface area contributed by atoms with E-state index in [2.05, 4.69) is 483 Å². The number of hydrogen-bond acceptors (Lipinski definition) is 6. The van der Waals surface area contributed by atoms with Crippen LogP contribution in [0.2, 0.25) is 0 Å². The third-order valence-electron chi connectivity index (χ3n) is 24.5. The maximum Gasteiger partial charge on any atom is 0.252 e. The molecule has 0 N–H and O–H groups in total. The topological polar surface area (TPSA) is 19.4 Å². The molecule has 4 aliphatic heterocycles. The zero-order valence-corrected chi connectivity index (χ0v) is 67.1. The third kappa shape index (κ3) is 12.1. The van der Waals surface area contributed by atoms with Crippen LogP contribution in [0.4, 0.5) is 102 Å². The van der Waals surface area contributed by atoms with Gasteiger partial charge >= 0.3 is 0 Å². The number of benzene rings is 17. The van der Waals surface area contributed by atoms with Gasteiger partial charge in [0, 0.05) is 96.2 Å². The van der Waals surface area contributed by atoms with E-state index in [9.17, 15) is 0 Å².